The van der Waals surface area contributed by atoms with Crippen LogP contribution in [0.3, 0.4) is 0 Å². The van der Waals surface area contributed by atoms with Gasteiger partial charge in [0.1, 0.15) is 11.5 Å². The third-order valence-electron chi connectivity index (χ3n) is 9.81. The lowest BCUT2D eigenvalue weighted by Crippen LogP contribution is -2.28. The molecule has 10 nitrogen and oxygen atoms in total. The van der Waals surface area contributed by atoms with E-state index in [4.69, 9.17) is 4.74 Å². The average Bonchev–Trinajstić information content (AvgIpc) is 3.14. The van der Waals surface area contributed by atoms with E-state index >= 15 is 0 Å². The molecule has 2 atom stereocenters. The van der Waals surface area contributed by atoms with Gasteiger partial charge in [0.2, 0.25) is 5.56 Å². The Morgan fingerprint density at radius 2 is 1.62 bits per heavy atom. The van der Waals surface area contributed by atoms with Crippen molar-refractivity contribution in [3.8, 4) is 11.5 Å². The van der Waals surface area contributed by atoms with Gasteiger partial charge in [-0.3, -0.25) is 4.79 Å². The van der Waals surface area contributed by atoms with Crippen molar-refractivity contribution in [3.05, 3.63) is 105 Å². The zero-order valence-corrected chi connectivity index (χ0v) is 31.1. The summed E-state index contributed by atoms with van der Waals surface area (Å²) in [6.45, 7) is 8.77. The Morgan fingerprint density at radius 3 is 2.31 bits per heavy atom. The van der Waals surface area contributed by atoms with E-state index in [0.717, 1.165) is 79.8 Å². The molecule has 1 saturated heterocycles. The molecule has 3 aromatic carbocycles. The maximum Gasteiger partial charge on any atom is 0.405 e. The number of carboxylic acid groups (broad SMARTS) is 1. The second kappa shape index (κ2) is 21.2. The van der Waals surface area contributed by atoms with Gasteiger partial charge >= 0.3 is 6.09 Å². The standard InChI is InChI=1S/C35H43N3O6.C7H15N/c1-24-14-15-26(33(38-35(42)43)25-12-8-7-9-13-25)22-31(24)44-21-11-6-4-2-3-5-10-20-36-23-30(40)27-16-18-29(39)34-28(27)17-19-32(41)37-34;1-7-3-5-8(2)6-4-7/h7-9,12-19,22,30,33,36,38-40H,2-6,10-11,20-21,23H2,1H3,(H,37,41)(H,42,43);7H,3-6H2,1-2H3. The number of hydrogen-bond donors (Lipinski definition) is 6. The number of fused-ring (bicyclic) bond motifs is 1. The van der Waals surface area contributed by atoms with Crippen LogP contribution in [-0.2, 0) is 0 Å². The van der Waals surface area contributed by atoms with Gasteiger partial charge < -0.3 is 40.6 Å². The molecule has 4 aromatic rings. The van der Waals surface area contributed by atoms with Crippen molar-refractivity contribution in [2.24, 2.45) is 5.92 Å². The van der Waals surface area contributed by atoms with Gasteiger partial charge in [-0.15, -0.1) is 0 Å². The van der Waals surface area contributed by atoms with E-state index in [1.165, 1.54) is 38.1 Å². The van der Waals surface area contributed by atoms with Gasteiger partial charge in [0.05, 0.1) is 24.3 Å². The number of pyridine rings is 1. The fourth-order valence-electron chi connectivity index (χ4n) is 6.53. The van der Waals surface area contributed by atoms with E-state index in [9.17, 15) is 24.9 Å². The first-order chi connectivity index (χ1) is 25.1. The molecule has 0 radical (unpaired) electrons. The molecule has 52 heavy (non-hydrogen) atoms. The first kappa shape index (κ1) is 40.4. The van der Waals surface area contributed by atoms with Crippen LogP contribution in [0.15, 0.2) is 77.6 Å². The fourth-order valence-corrected chi connectivity index (χ4v) is 6.53. The highest BCUT2D eigenvalue weighted by Crippen LogP contribution is 2.29. The zero-order chi connectivity index (χ0) is 37.3. The second-order valence-corrected chi connectivity index (χ2v) is 14.1. The molecule has 0 aliphatic carbocycles. The monoisotopic (exact) mass is 714 g/mol. The highest BCUT2D eigenvalue weighted by molar-refractivity contribution is 5.87. The van der Waals surface area contributed by atoms with Crippen molar-refractivity contribution in [2.45, 2.75) is 83.8 Å². The molecule has 2 heterocycles. The molecule has 1 aliphatic rings. The zero-order valence-electron chi connectivity index (χ0n) is 31.1. The molecular formula is C42H58N4O6. The van der Waals surface area contributed by atoms with Gasteiger partial charge in [0.15, 0.2) is 0 Å². The van der Waals surface area contributed by atoms with Crippen molar-refractivity contribution in [1.82, 2.24) is 20.5 Å². The highest BCUT2D eigenvalue weighted by Gasteiger charge is 2.18. The number of amides is 1. The predicted molar refractivity (Wildman–Crippen MR) is 208 cm³/mol. The first-order valence-corrected chi connectivity index (χ1v) is 18.8. The summed E-state index contributed by atoms with van der Waals surface area (Å²) in [5, 5.41) is 36.6. The number of likely N-dealkylation sites (tertiary alicyclic amines) is 1. The maximum atomic E-state index is 11.6. The molecule has 2 unspecified atom stereocenters. The van der Waals surface area contributed by atoms with E-state index in [2.05, 4.69) is 34.5 Å². The number of ether oxygens (including phenoxy) is 1. The molecule has 1 fully saturated rings. The topological polar surface area (TPSA) is 147 Å². The lowest BCUT2D eigenvalue weighted by Gasteiger charge is -2.26. The number of aryl methyl sites for hydroxylation is 1. The molecule has 1 aliphatic heterocycles. The number of piperidine rings is 1. The van der Waals surface area contributed by atoms with Crippen LogP contribution in [0.25, 0.3) is 10.9 Å². The molecule has 282 valence electrons. The van der Waals surface area contributed by atoms with Crippen LogP contribution in [0.2, 0.25) is 0 Å². The largest absolute Gasteiger partial charge is 0.506 e. The lowest BCUT2D eigenvalue weighted by atomic mass is 9.97. The smallest absolute Gasteiger partial charge is 0.405 e. The van der Waals surface area contributed by atoms with E-state index in [1.54, 1.807) is 12.1 Å². The van der Waals surface area contributed by atoms with Crippen LogP contribution in [-0.4, -0.2) is 71.1 Å². The Kier molecular flexibility index (Phi) is 16.5. The molecule has 0 spiro atoms. The number of phenolic OH excluding ortho intramolecular Hbond substituents is 1. The normalized spacial score (nSPS) is 14.7. The number of phenols is 1. The number of H-pyrrole nitrogens is 1. The Balaban J connectivity index is 0.000000666. The predicted octanol–water partition coefficient (Wildman–Crippen LogP) is 7.68. The van der Waals surface area contributed by atoms with Crippen LogP contribution in [0.5, 0.6) is 11.5 Å². The second-order valence-electron chi connectivity index (χ2n) is 14.1. The molecule has 6 N–H and O–H groups in total. The first-order valence-electron chi connectivity index (χ1n) is 18.8. The Labute approximate surface area is 308 Å². The Morgan fingerprint density at radius 1 is 0.923 bits per heavy atom. The van der Waals surface area contributed by atoms with Crippen molar-refractivity contribution in [1.29, 1.82) is 0 Å². The highest BCUT2D eigenvalue weighted by atomic mass is 16.5. The van der Waals surface area contributed by atoms with Crippen LogP contribution in [0.1, 0.15) is 99.1 Å². The molecule has 1 amide bonds. The third kappa shape index (κ3) is 13.0. The summed E-state index contributed by atoms with van der Waals surface area (Å²) in [5.41, 5.74) is 3.45. The molecular weight excluding hydrogens is 656 g/mol. The summed E-state index contributed by atoms with van der Waals surface area (Å²) in [6.07, 6.45) is 8.61. The SMILES string of the molecule is CC1CCN(C)CC1.Cc1ccc(C(NC(=O)O)c2ccccc2)cc1OCCCCCCCCCNCC(O)c1ccc(O)c2[nH]c(=O)ccc12. The minimum Gasteiger partial charge on any atom is -0.506 e. The van der Waals surface area contributed by atoms with E-state index in [1.807, 2.05) is 55.5 Å². The van der Waals surface area contributed by atoms with Crippen LogP contribution in [0, 0.1) is 12.8 Å². The van der Waals surface area contributed by atoms with E-state index < -0.39 is 18.2 Å². The summed E-state index contributed by atoms with van der Waals surface area (Å²) in [6, 6.07) is 21.1. The number of nitrogens with one attached hydrogen (secondary N) is 3. The molecule has 0 saturated carbocycles. The number of rotatable bonds is 17. The molecule has 1 aromatic heterocycles. The van der Waals surface area contributed by atoms with Gasteiger partial charge in [0, 0.05) is 18.0 Å². The number of carbonyl (C=O) groups is 1. The number of aromatic amines is 1. The summed E-state index contributed by atoms with van der Waals surface area (Å²) in [5.74, 6) is 1.74. The van der Waals surface area contributed by atoms with E-state index in [0.29, 0.717) is 29.6 Å². The minimum atomic E-state index is -1.07. The van der Waals surface area contributed by atoms with Crippen LogP contribution >= 0.6 is 0 Å². The van der Waals surface area contributed by atoms with Gasteiger partial charge in [-0.1, -0.05) is 87.6 Å². The van der Waals surface area contributed by atoms with E-state index in [-0.39, 0.29) is 11.3 Å². The van der Waals surface area contributed by atoms with Crippen molar-refractivity contribution in [3.63, 3.8) is 0 Å². The number of hydrogen-bond acceptors (Lipinski definition) is 7. The Hall–Kier alpha value is -4.38. The number of nitrogens with zero attached hydrogens (tertiary/aromatic N) is 1. The lowest BCUT2D eigenvalue weighted by molar-refractivity contribution is 0.176. The van der Waals surface area contributed by atoms with Crippen LogP contribution in [0.4, 0.5) is 4.79 Å². The average molecular weight is 715 g/mol. The minimum absolute atomic E-state index is 0.0148. The number of benzene rings is 3. The number of aromatic nitrogens is 1. The number of aliphatic hydroxyl groups is 1. The fraction of sp³-hybridized carbons (Fsp3) is 0.476. The van der Waals surface area contributed by atoms with Gasteiger partial charge in [0.25, 0.3) is 0 Å². The molecule has 5 rings (SSSR count). The van der Waals surface area contributed by atoms with Crippen molar-refractivity contribution in [2.75, 3.05) is 39.8 Å². The summed E-state index contributed by atoms with van der Waals surface area (Å²) >= 11 is 0. The van der Waals surface area contributed by atoms with Crippen LogP contribution < -0.4 is 20.9 Å². The summed E-state index contributed by atoms with van der Waals surface area (Å²) < 4.78 is 6.09. The number of aliphatic hydroxyl groups excluding tert-OH is 1. The quantitative estimate of drug-likeness (QED) is 0.0611. The summed E-state index contributed by atoms with van der Waals surface area (Å²) in [7, 11) is 2.20. The third-order valence-corrected chi connectivity index (χ3v) is 9.81. The van der Waals surface area contributed by atoms with Gasteiger partial charge in [-0.25, -0.2) is 4.79 Å². The van der Waals surface area contributed by atoms with Gasteiger partial charge in [-0.05, 0) is 106 Å². The molecule has 0 bridgehead atoms. The Bertz CT molecular complexity index is 1710. The number of unbranched alkanes of at least 4 members (excludes halogenated alkanes) is 6. The van der Waals surface area contributed by atoms with Crippen molar-refractivity contribution < 1.29 is 24.9 Å². The summed E-state index contributed by atoms with van der Waals surface area (Å²) in [4.78, 5) is 28.1. The number of aromatic hydroxyl groups is 1. The van der Waals surface area contributed by atoms with Gasteiger partial charge in [-0.2, -0.15) is 0 Å². The molecule has 10 heteroatoms. The van der Waals surface area contributed by atoms with Crippen molar-refractivity contribution >= 4 is 17.0 Å². The maximum absolute atomic E-state index is 11.6.